The Hall–Kier alpha value is -0.670. The minimum atomic E-state index is -0.212. The first-order valence-corrected chi connectivity index (χ1v) is 6.89. The Morgan fingerprint density at radius 3 is 2.50 bits per heavy atom. The standard InChI is InChI=1S/C15H22O3/c1-9(2)10-7-13-14(3,18-13)6-5-12-15(4,17-12)8-11(10)16/h12-13H,5-8H2,1-4H3/t12-,13+,14-,15+/m0/s1. The van der Waals surface area contributed by atoms with E-state index in [9.17, 15) is 4.79 Å². The highest BCUT2D eigenvalue weighted by molar-refractivity contribution is 5.97. The number of rotatable bonds is 0. The van der Waals surface area contributed by atoms with Gasteiger partial charge < -0.3 is 9.47 Å². The van der Waals surface area contributed by atoms with Gasteiger partial charge in [0.2, 0.25) is 0 Å². The fourth-order valence-corrected chi connectivity index (χ4v) is 3.20. The quantitative estimate of drug-likeness (QED) is 0.490. The monoisotopic (exact) mass is 250 g/mol. The molecule has 0 aromatic heterocycles. The molecule has 0 bridgehead atoms. The molecule has 3 heteroatoms. The molecule has 100 valence electrons. The van der Waals surface area contributed by atoms with Gasteiger partial charge in [0.15, 0.2) is 5.78 Å². The van der Waals surface area contributed by atoms with Gasteiger partial charge in [0.05, 0.1) is 23.4 Å². The zero-order valence-corrected chi connectivity index (χ0v) is 11.7. The smallest absolute Gasteiger partial charge is 0.161 e. The molecule has 0 aromatic rings. The molecular formula is C15H22O3. The number of ether oxygens (including phenoxy) is 2. The lowest BCUT2D eigenvalue weighted by atomic mass is 9.85. The van der Waals surface area contributed by atoms with Crippen LogP contribution in [0.5, 0.6) is 0 Å². The predicted molar refractivity (Wildman–Crippen MR) is 68.4 cm³/mol. The number of hydrogen-bond donors (Lipinski definition) is 0. The molecule has 1 saturated carbocycles. The summed E-state index contributed by atoms with van der Waals surface area (Å²) < 4.78 is 11.6. The Bertz CT molecular complexity index is 435. The van der Waals surface area contributed by atoms with E-state index in [0.717, 1.165) is 30.4 Å². The van der Waals surface area contributed by atoms with Gasteiger partial charge in [-0.05, 0) is 46.1 Å². The van der Waals surface area contributed by atoms with E-state index in [0.29, 0.717) is 6.42 Å². The molecule has 1 aliphatic carbocycles. The van der Waals surface area contributed by atoms with Crippen LogP contribution in [0.25, 0.3) is 0 Å². The number of Topliss-reactive ketones (excluding diaryl/α,β-unsaturated/α-hetero) is 1. The maximum absolute atomic E-state index is 12.4. The molecule has 3 rings (SSSR count). The van der Waals surface area contributed by atoms with Crippen LogP contribution in [-0.2, 0) is 14.3 Å². The first-order valence-electron chi connectivity index (χ1n) is 6.89. The summed E-state index contributed by atoms with van der Waals surface area (Å²) in [4.78, 5) is 12.4. The Morgan fingerprint density at radius 1 is 1.17 bits per heavy atom. The van der Waals surface area contributed by atoms with Crippen LogP contribution in [0.15, 0.2) is 11.1 Å². The number of allylic oxidation sites excluding steroid dienone is 1. The SMILES string of the molecule is CC(C)=C1C[C@H]2O[C@@]2(C)CC[C@@H]2O[C@]2(C)CC1=O. The van der Waals surface area contributed by atoms with Crippen LogP contribution >= 0.6 is 0 Å². The van der Waals surface area contributed by atoms with E-state index < -0.39 is 0 Å². The molecule has 4 atom stereocenters. The highest BCUT2D eigenvalue weighted by Crippen LogP contribution is 2.50. The Morgan fingerprint density at radius 2 is 1.83 bits per heavy atom. The summed E-state index contributed by atoms with van der Waals surface area (Å²) in [6.07, 6.45) is 3.84. The van der Waals surface area contributed by atoms with Gasteiger partial charge in [0.25, 0.3) is 0 Å². The second-order valence-corrected chi connectivity index (χ2v) is 6.66. The number of epoxide rings is 2. The van der Waals surface area contributed by atoms with Crippen LogP contribution < -0.4 is 0 Å². The zero-order valence-electron chi connectivity index (χ0n) is 11.7. The summed E-state index contributed by atoms with van der Waals surface area (Å²) >= 11 is 0. The van der Waals surface area contributed by atoms with Crippen molar-refractivity contribution in [3.8, 4) is 0 Å². The van der Waals surface area contributed by atoms with E-state index in [1.165, 1.54) is 0 Å². The van der Waals surface area contributed by atoms with Gasteiger partial charge in [-0.25, -0.2) is 0 Å². The van der Waals surface area contributed by atoms with Crippen molar-refractivity contribution in [2.45, 2.75) is 76.8 Å². The Balaban J connectivity index is 1.86. The van der Waals surface area contributed by atoms with E-state index in [1.54, 1.807) is 0 Å². The molecular weight excluding hydrogens is 228 g/mol. The summed E-state index contributed by atoms with van der Waals surface area (Å²) in [5.41, 5.74) is 1.85. The summed E-state index contributed by atoms with van der Waals surface area (Å²) in [6.45, 7) is 8.26. The van der Waals surface area contributed by atoms with Crippen molar-refractivity contribution in [3.05, 3.63) is 11.1 Å². The molecule has 0 unspecified atom stereocenters. The number of fused-ring (bicyclic) bond motifs is 2. The zero-order chi connectivity index (χ0) is 13.1. The molecule has 0 aromatic carbocycles. The van der Waals surface area contributed by atoms with Crippen molar-refractivity contribution < 1.29 is 14.3 Å². The Labute approximate surface area is 109 Å². The van der Waals surface area contributed by atoms with E-state index in [2.05, 4.69) is 13.8 Å². The van der Waals surface area contributed by atoms with E-state index in [4.69, 9.17) is 9.47 Å². The molecule has 3 aliphatic rings. The summed E-state index contributed by atoms with van der Waals surface area (Å²) in [5.74, 6) is 0.250. The lowest BCUT2D eigenvalue weighted by Crippen LogP contribution is -2.23. The fraction of sp³-hybridized carbons (Fsp3) is 0.800. The summed E-state index contributed by atoms with van der Waals surface area (Å²) in [6, 6.07) is 0. The molecule has 0 radical (unpaired) electrons. The first kappa shape index (κ1) is 12.4. The van der Waals surface area contributed by atoms with Gasteiger partial charge in [-0.1, -0.05) is 5.57 Å². The molecule has 2 saturated heterocycles. The molecule has 2 aliphatic heterocycles. The largest absolute Gasteiger partial charge is 0.366 e. The lowest BCUT2D eigenvalue weighted by molar-refractivity contribution is -0.116. The molecule has 0 amide bonds. The number of ketones is 1. The first-order chi connectivity index (χ1) is 8.34. The molecule has 0 spiro atoms. The van der Waals surface area contributed by atoms with Crippen molar-refractivity contribution in [2.75, 3.05) is 0 Å². The fourth-order valence-electron chi connectivity index (χ4n) is 3.20. The van der Waals surface area contributed by atoms with E-state index in [-0.39, 0.29) is 29.2 Å². The van der Waals surface area contributed by atoms with Crippen LogP contribution in [-0.4, -0.2) is 29.2 Å². The second kappa shape index (κ2) is 3.67. The predicted octanol–water partition coefficient (Wildman–Crippen LogP) is 2.78. The van der Waals surface area contributed by atoms with Crippen LogP contribution in [0.3, 0.4) is 0 Å². The van der Waals surface area contributed by atoms with Crippen LogP contribution in [0.4, 0.5) is 0 Å². The maximum atomic E-state index is 12.4. The molecule has 3 nitrogen and oxygen atoms in total. The van der Waals surface area contributed by atoms with Crippen molar-refractivity contribution in [1.82, 2.24) is 0 Å². The van der Waals surface area contributed by atoms with Gasteiger partial charge in [0.1, 0.15) is 0 Å². The normalized spacial score (nSPS) is 47.1. The second-order valence-electron chi connectivity index (χ2n) is 6.66. The minimum Gasteiger partial charge on any atom is -0.366 e. The van der Waals surface area contributed by atoms with Gasteiger partial charge in [-0.2, -0.15) is 0 Å². The van der Waals surface area contributed by atoms with Gasteiger partial charge in [-0.3, -0.25) is 4.79 Å². The average molecular weight is 250 g/mol. The van der Waals surface area contributed by atoms with Gasteiger partial charge >= 0.3 is 0 Å². The highest BCUT2D eigenvalue weighted by atomic mass is 16.6. The summed E-state index contributed by atoms with van der Waals surface area (Å²) in [5, 5.41) is 0. The van der Waals surface area contributed by atoms with Gasteiger partial charge in [0, 0.05) is 12.8 Å². The molecule has 2 heterocycles. The minimum absolute atomic E-state index is 0.0226. The third-order valence-electron chi connectivity index (χ3n) is 4.81. The van der Waals surface area contributed by atoms with E-state index in [1.807, 2.05) is 13.8 Å². The van der Waals surface area contributed by atoms with Crippen molar-refractivity contribution >= 4 is 5.78 Å². The number of carbonyl (C=O) groups excluding carboxylic acids is 1. The summed E-state index contributed by atoms with van der Waals surface area (Å²) in [7, 11) is 0. The lowest BCUT2D eigenvalue weighted by Gasteiger charge is -2.14. The molecule has 3 fully saturated rings. The van der Waals surface area contributed by atoms with Crippen molar-refractivity contribution in [1.29, 1.82) is 0 Å². The van der Waals surface area contributed by atoms with Crippen molar-refractivity contribution in [3.63, 3.8) is 0 Å². The highest BCUT2D eigenvalue weighted by Gasteiger charge is 2.58. The van der Waals surface area contributed by atoms with Crippen LogP contribution in [0.2, 0.25) is 0 Å². The average Bonchev–Trinajstić information content (AvgIpc) is 3.09. The topological polar surface area (TPSA) is 42.1 Å². The maximum Gasteiger partial charge on any atom is 0.161 e. The van der Waals surface area contributed by atoms with Crippen LogP contribution in [0.1, 0.15) is 53.4 Å². The third-order valence-corrected chi connectivity index (χ3v) is 4.81. The molecule has 18 heavy (non-hydrogen) atoms. The third kappa shape index (κ3) is 1.94. The number of hydrogen-bond acceptors (Lipinski definition) is 3. The van der Waals surface area contributed by atoms with Crippen molar-refractivity contribution in [2.24, 2.45) is 0 Å². The Kier molecular flexibility index (Phi) is 2.52. The molecule has 0 N–H and O–H groups in total. The van der Waals surface area contributed by atoms with Gasteiger partial charge in [-0.15, -0.1) is 0 Å². The van der Waals surface area contributed by atoms with Crippen LogP contribution in [0, 0.1) is 0 Å². The van der Waals surface area contributed by atoms with E-state index >= 15 is 0 Å². The number of carbonyl (C=O) groups is 1.